The Bertz CT molecular complexity index is 383. The second-order valence-corrected chi connectivity index (χ2v) is 3.29. The smallest absolute Gasteiger partial charge is 0.313 e. The first-order chi connectivity index (χ1) is 8.74. The zero-order valence-corrected chi connectivity index (χ0v) is 9.76. The average Bonchev–Trinajstić information content (AvgIpc) is 2.39. The Labute approximate surface area is 104 Å². The molecule has 98 valence electrons. The third kappa shape index (κ3) is 5.37. The quantitative estimate of drug-likeness (QED) is 0.452. The summed E-state index contributed by atoms with van der Waals surface area (Å²) in [4.78, 5) is 26.5. The lowest BCUT2D eigenvalue weighted by molar-refractivity contribution is -0.136. The number of carbonyl (C=O) groups excluding carboxylic acids is 2. The highest BCUT2D eigenvalue weighted by molar-refractivity contribution is 6.39. The number of pyridine rings is 1. The van der Waals surface area contributed by atoms with Gasteiger partial charge < -0.3 is 20.5 Å². The lowest BCUT2D eigenvalue weighted by Gasteiger charge is -2.06. The molecule has 7 heteroatoms. The van der Waals surface area contributed by atoms with Gasteiger partial charge in [0.15, 0.2) is 0 Å². The first-order valence-corrected chi connectivity index (χ1v) is 5.42. The van der Waals surface area contributed by atoms with E-state index in [1.54, 1.807) is 18.3 Å². The van der Waals surface area contributed by atoms with Crippen LogP contribution in [-0.2, 0) is 14.3 Å². The Morgan fingerprint density at radius 3 is 2.83 bits per heavy atom. The van der Waals surface area contributed by atoms with Gasteiger partial charge in [0.25, 0.3) is 0 Å². The van der Waals surface area contributed by atoms with Gasteiger partial charge in [0.1, 0.15) is 0 Å². The highest BCUT2D eigenvalue weighted by atomic mass is 16.5. The topological polar surface area (TPSA) is 101 Å². The summed E-state index contributed by atoms with van der Waals surface area (Å²) in [6.45, 7) is 0.582. The Kier molecular flexibility index (Phi) is 6.37. The molecule has 0 saturated heterocycles. The lowest BCUT2D eigenvalue weighted by Crippen LogP contribution is -2.37. The van der Waals surface area contributed by atoms with Crippen molar-refractivity contribution in [1.82, 2.24) is 10.3 Å². The summed E-state index contributed by atoms with van der Waals surface area (Å²) in [6, 6.07) is 3.28. The van der Waals surface area contributed by atoms with E-state index in [4.69, 9.17) is 9.84 Å². The molecule has 0 radical (unpaired) electrons. The molecule has 0 saturated carbocycles. The van der Waals surface area contributed by atoms with E-state index in [-0.39, 0.29) is 26.4 Å². The molecular formula is C11H15N3O4. The Balaban J connectivity index is 2.23. The van der Waals surface area contributed by atoms with Crippen LogP contribution in [0.5, 0.6) is 0 Å². The van der Waals surface area contributed by atoms with Crippen LogP contribution in [0, 0.1) is 0 Å². The molecule has 0 spiro atoms. The van der Waals surface area contributed by atoms with Gasteiger partial charge in [-0.05, 0) is 12.1 Å². The lowest BCUT2D eigenvalue weighted by atomic mass is 10.4. The minimum atomic E-state index is -0.759. The van der Waals surface area contributed by atoms with Crippen molar-refractivity contribution in [3.63, 3.8) is 0 Å². The summed E-state index contributed by atoms with van der Waals surface area (Å²) in [5.41, 5.74) is 0.453. The summed E-state index contributed by atoms with van der Waals surface area (Å²) in [5, 5.41) is 13.2. The molecule has 1 heterocycles. The van der Waals surface area contributed by atoms with Crippen LogP contribution >= 0.6 is 0 Å². The van der Waals surface area contributed by atoms with E-state index in [0.29, 0.717) is 5.69 Å². The fourth-order valence-electron chi connectivity index (χ4n) is 1.11. The molecule has 0 bridgehead atoms. The molecule has 2 amide bonds. The molecule has 7 nitrogen and oxygen atoms in total. The van der Waals surface area contributed by atoms with Crippen LogP contribution in [0.3, 0.4) is 0 Å². The van der Waals surface area contributed by atoms with E-state index in [0.717, 1.165) is 0 Å². The summed E-state index contributed by atoms with van der Waals surface area (Å²) in [5.74, 6) is -1.50. The van der Waals surface area contributed by atoms with E-state index >= 15 is 0 Å². The minimum absolute atomic E-state index is 0.0740. The molecule has 0 aromatic carbocycles. The third-order valence-corrected chi connectivity index (χ3v) is 1.89. The number of aliphatic hydroxyl groups is 1. The van der Waals surface area contributed by atoms with Gasteiger partial charge in [-0.1, -0.05) is 0 Å². The molecule has 0 unspecified atom stereocenters. The molecule has 1 aromatic rings. The molecule has 0 aliphatic heterocycles. The summed E-state index contributed by atoms with van der Waals surface area (Å²) >= 11 is 0. The van der Waals surface area contributed by atoms with Crippen molar-refractivity contribution in [2.24, 2.45) is 0 Å². The third-order valence-electron chi connectivity index (χ3n) is 1.89. The van der Waals surface area contributed by atoms with Crippen LogP contribution < -0.4 is 10.6 Å². The number of nitrogens with one attached hydrogen (secondary N) is 2. The van der Waals surface area contributed by atoms with Crippen LogP contribution in [0.15, 0.2) is 24.5 Å². The van der Waals surface area contributed by atoms with Gasteiger partial charge in [-0.2, -0.15) is 0 Å². The van der Waals surface area contributed by atoms with E-state index in [1.165, 1.54) is 6.20 Å². The minimum Gasteiger partial charge on any atom is -0.394 e. The molecule has 3 N–H and O–H groups in total. The summed E-state index contributed by atoms with van der Waals surface area (Å²) in [7, 11) is 0. The number of hydrogen-bond acceptors (Lipinski definition) is 5. The van der Waals surface area contributed by atoms with Gasteiger partial charge in [0, 0.05) is 12.7 Å². The van der Waals surface area contributed by atoms with Crippen LogP contribution in [0.4, 0.5) is 5.69 Å². The van der Waals surface area contributed by atoms with E-state index in [1.807, 2.05) is 0 Å². The number of nitrogens with zero attached hydrogens (tertiary/aromatic N) is 1. The van der Waals surface area contributed by atoms with Gasteiger partial charge in [-0.25, -0.2) is 0 Å². The normalized spacial score (nSPS) is 9.83. The Morgan fingerprint density at radius 1 is 1.33 bits per heavy atom. The Morgan fingerprint density at radius 2 is 2.17 bits per heavy atom. The number of ether oxygens (including phenoxy) is 1. The fourth-order valence-corrected chi connectivity index (χ4v) is 1.11. The second-order valence-electron chi connectivity index (χ2n) is 3.29. The molecule has 0 aliphatic carbocycles. The van der Waals surface area contributed by atoms with Crippen LogP contribution in [0.2, 0.25) is 0 Å². The molecule has 18 heavy (non-hydrogen) atoms. The number of rotatable bonds is 6. The highest BCUT2D eigenvalue weighted by Crippen LogP contribution is 2.01. The van der Waals surface area contributed by atoms with Crippen molar-refractivity contribution in [1.29, 1.82) is 0 Å². The maximum Gasteiger partial charge on any atom is 0.313 e. The largest absolute Gasteiger partial charge is 0.394 e. The van der Waals surface area contributed by atoms with Crippen LogP contribution in [0.25, 0.3) is 0 Å². The Hall–Kier alpha value is -1.99. The standard InChI is InChI=1S/C11H15N3O4/c15-5-7-18-6-4-13-10(16)11(17)14-9-2-1-3-12-8-9/h1-3,8,15H,4-7H2,(H,13,16)(H,14,17). The van der Waals surface area contributed by atoms with Gasteiger partial charge >= 0.3 is 11.8 Å². The van der Waals surface area contributed by atoms with Crippen molar-refractivity contribution in [2.75, 3.05) is 31.7 Å². The second kappa shape index (κ2) is 8.15. The summed E-state index contributed by atoms with van der Waals surface area (Å²) in [6.07, 6.45) is 3.00. The molecule has 1 rings (SSSR count). The number of amides is 2. The predicted octanol–water partition coefficient (Wildman–Crippen LogP) is -0.855. The zero-order valence-electron chi connectivity index (χ0n) is 9.76. The van der Waals surface area contributed by atoms with E-state index in [2.05, 4.69) is 15.6 Å². The molecular weight excluding hydrogens is 238 g/mol. The molecule has 0 aliphatic rings. The number of hydrogen-bond donors (Lipinski definition) is 3. The molecule has 0 atom stereocenters. The highest BCUT2D eigenvalue weighted by Gasteiger charge is 2.12. The number of carbonyl (C=O) groups is 2. The van der Waals surface area contributed by atoms with Crippen molar-refractivity contribution in [2.45, 2.75) is 0 Å². The molecule has 1 aromatic heterocycles. The van der Waals surface area contributed by atoms with Crippen LogP contribution in [0.1, 0.15) is 0 Å². The summed E-state index contributed by atoms with van der Waals surface area (Å²) < 4.78 is 4.92. The van der Waals surface area contributed by atoms with Gasteiger partial charge in [-0.3, -0.25) is 14.6 Å². The predicted molar refractivity (Wildman–Crippen MR) is 63.8 cm³/mol. The SMILES string of the molecule is O=C(NCCOCCO)C(=O)Nc1cccnc1. The fraction of sp³-hybridized carbons (Fsp3) is 0.364. The maximum atomic E-state index is 11.4. The van der Waals surface area contributed by atoms with Gasteiger partial charge in [0.2, 0.25) is 0 Å². The van der Waals surface area contributed by atoms with Crippen LogP contribution in [-0.4, -0.2) is 48.3 Å². The van der Waals surface area contributed by atoms with Gasteiger partial charge in [0.05, 0.1) is 31.7 Å². The van der Waals surface area contributed by atoms with Gasteiger partial charge in [-0.15, -0.1) is 0 Å². The van der Waals surface area contributed by atoms with E-state index in [9.17, 15) is 9.59 Å². The average molecular weight is 253 g/mol. The van der Waals surface area contributed by atoms with Crippen molar-refractivity contribution in [3.05, 3.63) is 24.5 Å². The molecule has 0 fully saturated rings. The first-order valence-electron chi connectivity index (χ1n) is 5.42. The number of anilines is 1. The number of aliphatic hydroxyl groups excluding tert-OH is 1. The van der Waals surface area contributed by atoms with Crippen molar-refractivity contribution >= 4 is 17.5 Å². The maximum absolute atomic E-state index is 11.4. The van der Waals surface area contributed by atoms with E-state index < -0.39 is 11.8 Å². The zero-order chi connectivity index (χ0) is 13.2. The van der Waals surface area contributed by atoms with Crippen molar-refractivity contribution < 1.29 is 19.4 Å². The van der Waals surface area contributed by atoms with Crippen molar-refractivity contribution in [3.8, 4) is 0 Å². The first kappa shape index (κ1) is 14.1. The monoisotopic (exact) mass is 253 g/mol. The number of aromatic nitrogens is 1.